The number of nitro groups is 1. The second-order valence-corrected chi connectivity index (χ2v) is 3.45. The van der Waals surface area contributed by atoms with Gasteiger partial charge in [0.1, 0.15) is 0 Å². The van der Waals surface area contributed by atoms with Gasteiger partial charge in [-0.15, -0.1) is 11.6 Å². The van der Waals surface area contributed by atoms with Crippen LogP contribution in [0.15, 0.2) is 36.4 Å². The van der Waals surface area contributed by atoms with Crippen molar-refractivity contribution in [3.8, 4) is 0 Å². The minimum atomic E-state index is -0.377. The summed E-state index contributed by atoms with van der Waals surface area (Å²) in [6, 6.07) is 10.5. The maximum absolute atomic E-state index is 10.8. The first-order valence-electron chi connectivity index (χ1n) is 4.45. The Morgan fingerprint density at radius 2 is 1.87 bits per heavy atom. The zero-order valence-electron chi connectivity index (χ0n) is 7.81. The Morgan fingerprint density at radius 3 is 2.47 bits per heavy atom. The van der Waals surface area contributed by atoms with Crippen molar-refractivity contribution in [2.24, 2.45) is 0 Å². The number of hydrogen-bond donors (Lipinski definition) is 0. The van der Waals surface area contributed by atoms with Crippen molar-refractivity contribution in [3.63, 3.8) is 0 Å². The van der Waals surface area contributed by atoms with Gasteiger partial charge >= 0.3 is 0 Å². The summed E-state index contributed by atoms with van der Waals surface area (Å²) >= 11 is 5.76. The first-order valence-corrected chi connectivity index (χ1v) is 4.98. The van der Waals surface area contributed by atoms with Gasteiger partial charge in [0.15, 0.2) is 0 Å². The minimum Gasteiger partial charge on any atom is -0.258 e. The maximum atomic E-state index is 10.8. The van der Waals surface area contributed by atoms with E-state index in [0.29, 0.717) is 5.39 Å². The van der Waals surface area contributed by atoms with Crippen LogP contribution < -0.4 is 0 Å². The minimum absolute atomic E-state index is 0.115. The number of fused-ring (bicyclic) bond motifs is 1. The first kappa shape index (κ1) is 9.93. The third-order valence-corrected chi connectivity index (χ3v) is 2.60. The van der Waals surface area contributed by atoms with Crippen LogP contribution in [0.4, 0.5) is 5.69 Å². The van der Waals surface area contributed by atoms with E-state index in [1.165, 1.54) is 6.07 Å². The number of nitro benzene ring substituents is 1. The molecule has 0 saturated heterocycles. The van der Waals surface area contributed by atoms with E-state index >= 15 is 0 Å². The normalized spacial score (nSPS) is 10.5. The van der Waals surface area contributed by atoms with Gasteiger partial charge in [-0.1, -0.05) is 30.3 Å². The smallest absolute Gasteiger partial charge is 0.258 e. The van der Waals surface area contributed by atoms with Gasteiger partial charge in [-0.3, -0.25) is 10.1 Å². The van der Waals surface area contributed by atoms with E-state index in [1.807, 2.05) is 24.3 Å². The molecule has 15 heavy (non-hydrogen) atoms. The third-order valence-electron chi connectivity index (χ3n) is 2.31. The molecule has 0 unspecified atom stereocenters. The Hall–Kier alpha value is -1.61. The first-order chi connectivity index (χ1) is 7.24. The Kier molecular flexibility index (Phi) is 2.56. The molecule has 0 aromatic heterocycles. The van der Waals surface area contributed by atoms with E-state index in [2.05, 4.69) is 0 Å². The molecule has 0 spiro atoms. The fraction of sp³-hybridized carbons (Fsp3) is 0.0909. The molecule has 3 nitrogen and oxygen atoms in total. The lowest BCUT2D eigenvalue weighted by molar-refractivity contribution is -0.383. The zero-order chi connectivity index (χ0) is 10.8. The van der Waals surface area contributed by atoms with Crippen molar-refractivity contribution in [2.45, 2.75) is 5.88 Å². The van der Waals surface area contributed by atoms with Crippen LogP contribution in [0.1, 0.15) is 5.56 Å². The average molecular weight is 222 g/mol. The summed E-state index contributed by atoms with van der Waals surface area (Å²) < 4.78 is 0. The van der Waals surface area contributed by atoms with Crippen LogP contribution in [0.2, 0.25) is 0 Å². The second kappa shape index (κ2) is 3.87. The predicted octanol–water partition coefficient (Wildman–Crippen LogP) is 3.49. The number of benzene rings is 2. The Labute approximate surface area is 91.4 Å². The standard InChI is InChI=1S/C11H8ClNO2/c12-7-9-5-1-3-8-4-2-6-10(11(8)9)13(14)15/h1-6H,7H2. The van der Waals surface area contributed by atoms with Crippen LogP contribution in [0.3, 0.4) is 0 Å². The van der Waals surface area contributed by atoms with Crippen molar-refractivity contribution in [1.82, 2.24) is 0 Å². The molecule has 0 heterocycles. The summed E-state index contributed by atoms with van der Waals surface area (Å²) in [5, 5.41) is 12.3. The highest BCUT2D eigenvalue weighted by Crippen LogP contribution is 2.29. The molecule has 0 saturated carbocycles. The molecule has 0 bridgehead atoms. The summed E-state index contributed by atoms with van der Waals surface area (Å²) in [6.07, 6.45) is 0. The molecule has 0 aliphatic heterocycles. The van der Waals surface area contributed by atoms with Crippen LogP contribution in [0.5, 0.6) is 0 Å². The van der Waals surface area contributed by atoms with Crippen LogP contribution in [0.25, 0.3) is 10.8 Å². The van der Waals surface area contributed by atoms with Gasteiger partial charge in [0.05, 0.1) is 10.3 Å². The number of alkyl halides is 1. The van der Waals surface area contributed by atoms with Crippen LogP contribution in [-0.2, 0) is 5.88 Å². The summed E-state index contributed by atoms with van der Waals surface area (Å²) in [5.74, 6) is 0.280. The van der Waals surface area contributed by atoms with Crippen LogP contribution >= 0.6 is 11.6 Å². The van der Waals surface area contributed by atoms with Gasteiger partial charge in [-0.25, -0.2) is 0 Å². The van der Waals surface area contributed by atoms with Gasteiger partial charge in [0, 0.05) is 11.9 Å². The molecule has 2 rings (SSSR count). The van der Waals surface area contributed by atoms with Gasteiger partial charge in [-0.05, 0) is 10.9 Å². The maximum Gasteiger partial charge on any atom is 0.277 e. The highest BCUT2D eigenvalue weighted by atomic mass is 35.5. The summed E-state index contributed by atoms with van der Waals surface area (Å²) in [6.45, 7) is 0. The summed E-state index contributed by atoms with van der Waals surface area (Å²) in [7, 11) is 0. The van der Waals surface area contributed by atoms with E-state index in [-0.39, 0.29) is 16.5 Å². The molecule has 0 fully saturated rings. The molecule has 0 atom stereocenters. The topological polar surface area (TPSA) is 43.1 Å². The average Bonchev–Trinajstić information content (AvgIpc) is 2.27. The number of halogens is 1. The highest BCUT2D eigenvalue weighted by Gasteiger charge is 2.13. The second-order valence-electron chi connectivity index (χ2n) is 3.18. The van der Waals surface area contributed by atoms with Crippen molar-refractivity contribution in [1.29, 1.82) is 0 Å². The van der Waals surface area contributed by atoms with Crippen molar-refractivity contribution in [2.75, 3.05) is 0 Å². The Balaban J connectivity index is 2.87. The largest absolute Gasteiger partial charge is 0.277 e. The van der Waals surface area contributed by atoms with Gasteiger partial charge in [0.2, 0.25) is 0 Å². The third kappa shape index (κ3) is 1.66. The fourth-order valence-electron chi connectivity index (χ4n) is 1.66. The van der Waals surface area contributed by atoms with Gasteiger partial charge in [0.25, 0.3) is 5.69 Å². The SMILES string of the molecule is O=[N+]([O-])c1cccc2cccc(CCl)c12. The van der Waals surface area contributed by atoms with E-state index in [1.54, 1.807) is 6.07 Å². The fourth-order valence-corrected chi connectivity index (χ4v) is 1.88. The lowest BCUT2D eigenvalue weighted by Crippen LogP contribution is -1.92. The molecule has 0 N–H and O–H groups in total. The van der Waals surface area contributed by atoms with Crippen LogP contribution in [-0.4, -0.2) is 4.92 Å². The summed E-state index contributed by atoms with van der Waals surface area (Å²) in [5.41, 5.74) is 0.908. The lowest BCUT2D eigenvalue weighted by atomic mass is 10.0. The number of hydrogen-bond acceptors (Lipinski definition) is 2. The molecule has 76 valence electrons. The van der Waals surface area contributed by atoms with Crippen molar-refractivity contribution in [3.05, 3.63) is 52.1 Å². The molecule has 0 aliphatic carbocycles. The Bertz CT molecular complexity index is 520. The molecular weight excluding hydrogens is 214 g/mol. The van der Waals surface area contributed by atoms with Gasteiger partial charge < -0.3 is 0 Å². The monoisotopic (exact) mass is 221 g/mol. The quantitative estimate of drug-likeness (QED) is 0.443. The van der Waals surface area contributed by atoms with E-state index in [9.17, 15) is 10.1 Å². The Morgan fingerprint density at radius 1 is 1.20 bits per heavy atom. The number of nitrogens with zero attached hydrogens (tertiary/aromatic N) is 1. The summed E-state index contributed by atoms with van der Waals surface area (Å²) in [4.78, 5) is 10.5. The molecular formula is C11H8ClNO2. The lowest BCUT2D eigenvalue weighted by Gasteiger charge is -2.03. The molecule has 2 aromatic rings. The highest BCUT2D eigenvalue weighted by molar-refractivity contribution is 6.18. The molecule has 2 aromatic carbocycles. The molecule has 0 radical (unpaired) electrons. The van der Waals surface area contributed by atoms with E-state index < -0.39 is 0 Å². The van der Waals surface area contributed by atoms with Crippen molar-refractivity contribution >= 4 is 28.1 Å². The van der Waals surface area contributed by atoms with E-state index in [4.69, 9.17) is 11.6 Å². The molecule has 4 heteroatoms. The van der Waals surface area contributed by atoms with Crippen LogP contribution in [0, 0.1) is 10.1 Å². The number of non-ortho nitro benzene ring substituents is 1. The zero-order valence-corrected chi connectivity index (χ0v) is 8.57. The molecule has 0 amide bonds. The number of rotatable bonds is 2. The van der Waals surface area contributed by atoms with Gasteiger partial charge in [-0.2, -0.15) is 0 Å². The van der Waals surface area contributed by atoms with E-state index in [0.717, 1.165) is 10.9 Å². The molecule has 0 aliphatic rings. The predicted molar refractivity (Wildman–Crippen MR) is 60.2 cm³/mol. The van der Waals surface area contributed by atoms with Crippen molar-refractivity contribution < 1.29 is 4.92 Å².